The van der Waals surface area contributed by atoms with Crippen molar-refractivity contribution >= 4 is 10.0 Å². The molecule has 1 rings (SSSR count). The Morgan fingerprint density at radius 2 is 2.00 bits per heavy atom. The molecule has 1 aliphatic rings. The summed E-state index contributed by atoms with van der Waals surface area (Å²) in [6, 6.07) is 0.643. The molecule has 0 aromatic heterocycles. The van der Waals surface area contributed by atoms with Crippen LogP contribution < -0.4 is 5.32 Å². The third-order valence-corrected chi connectivity index (χ3v) is 5.71. The Kier molecular flexibility index (Phi) is 8.83. The summed E-state index contributed by atoms with van der Waals surface area (Å²) in [5.74, 6) is 0.557. The van der Waals surface area contributed by atoms with Crippen molar-refractivity contribution in [2.24, 2.45) is 5.92 Å². The van der Waals surface area contributed by atoms with Crippen LogP contribution in [0.15, 0.2) is 0 Å². The Balaban J connectivity index is 2.30. The first-order valence-electron chi connectivity index (χ1n) is 8.65. The van der Waals surface area contributed by atoms with E-state index in [1.54, 1.807) is 4.31 Å². The van der Waals surface area contributed by atoms with Gasteiger partial charge in [0.05, 0.1) is 6.26 Å². The number of hydrogen-bond donors (Lipinski definition) is 1. The van der Waals surface area contributed by atoms with Gasteiger partial charge in [0.2, 0.25) is 10.0 Å². The van der Waals surface area contributed by atoms with Gasteiger partial charge in [-0.25, -0.2) is 12.7 Å². The van der Waals surface area contributed by atoms with Gasteiger partial charge in [-0.15, -0.1) is 0 Å². The van der Waals surface area contributed by atoms with Crippen LogP contribution in [0.25, 0.3) is 0 Å². The summed E-state index contributed by atoms with van der Waals surface area (Å²) in [5, 5.41) is 3.63. The lowest BCUT2D eigenvalue weighted by atomic mass is 9.92. The Bertz CT molecular complexity index is 370. The van der Waals surface area contributed by atoms with E-state index in [0.717, 1.165) is 19.5 Å². The maximum Gasteiger partial charge on any atom is 0.211 e. The number of rotatable bonds is 10. The Labute approximate surface area is 131 Å². The van der Waals surface area contributed by atoms with Crippen LogP contribution in [0.3, 0.4) is 0 Å². The molecule has 0 spiro atoms. The number of piperidine rings is 1. The number of nitrogens with zero attached hydrogens (tertiary/aromatic N) is 1. The van der Waals surface area contributed by atoms with Crippen LogP contribution in [-0.4, -0.2) is 44.7 Å². The molecule has 2 atom stereocenters. The minimum Gasteiger partial charge on any atom is -0.314 e. The van der Waals surface area contributed by atoms with Crippen molar-refractivity contribution in [3.63, 3.8) is 0 Å². The van der Waals surface area contributed by atoms with E-state index >= 15 is 0 Å². The SMILES string of the molecule is CCCNC(CCC)CCCC1CCCN(S(C)(=O)=O)C1. The molecule has 0 radical (unpaired) electrons. The molecule has 21 heavy (non-hydrogen) atoms. The first-order chi connectivity index (χ1) is 9.97. The van der Waals surface area contributed by atoms with Crippen molar-refractivity contribution in [1.29, 1.82) is 0 Å². The van der Waals surface area contributed by atoms with Gasteiger partial charge in [0.25, 0.3) is 0 Å². The molecule has 2 unspecified atom stereocenters. The predicted molar refractivity (Wildman–Crippen MR) is 90.0 cm³/mol. The summed E-state index contributed by atoms with van der Waals surface area (Å²) in [7, 11) is -3.00. The number of nitrogens with one attached hydrogen (secondary N) is 1. The van der Waals surface area contributed by atoms with Gasteiger partial charge in [-0.1, -0.05) is 26.7 Å². The van der Waals surface area contributed by atoms with Gasteiger partial charge in [-0.05, 0) is 51.0 Å². The highest BCUT2D eigenvalue weighted by molar-refractivity contribution is 7.88. The highest BCUT2D eigenvalue weighted by Gasteiger charge is 2.25. The normalized spacial score (nSPS) is 22.3. The van der Waals surface area contributed by atoms with Crippen LogP contribution in [0.5, 0.6) is 0 Å². The first-order valence-corrected chi connectivity index (χ1v) is 10.5. The quantitative estimate of drug-likeness (QED) is 0.673. The van der Waals surface area contributed by atoms with Crippen LogP contribution in [-0.2, 0) is 10.0 Å². The number of sulfonamides is 1. The van der Waals surface area contributed by atoms with Crippen molar-refractivity contribution < 1.29 is 8.42 Å². The molecule has 1 heterocycles. The molecule has 5 heteroatoms. The third-order valence-electron chi connectivity index (χ3n) is 4.44. The molecule has 0 aromatic rings. The van der Waals surface area contributed by atoms with Gasteiger partial charge >= 0.3 is 0 Å². The van der Waals surface area contributed by atoms with Gasteiger partial charge in [-0.3, -0.25) is 0 Å². The van der Waals surface area contributed by atoms with Crippen molar-refractivity contribution in [2.75, 3.05) is 25.9 Å². The van der Waals surface area contributed by atoms with E-state index in [0.29, 0.717) is 18.5 Å². The van der Waals surface area contributed by atoms with Gasteiger partial charge in [0, 0.05) is 19.1 Å². The third kappa shape index (κ3) is 7.61. The van der Waals surface area contributed by atoms with Gasteiger partial charge in [0.15, 0.2) is 0 Å². The second-order valence-electron chi connectivity index (χ2n) is 6.50. The maximum atomic E-state index is 11.6. The Hall–Kier alpha value is -0.130. The molecule has 0 aromatic carbocycles. The molecular formula is C16H34N2O2S. The Morgan fingerprint density at radius 3 is 2.62 bits per heavy atom. The first kappa shape index (κ1) is 18.9. The number of hydrogen-bond acceptors (Lipinski definition) is 3. The molecule has 1 N–H and O–H groups in total. The van der Waals surface area contributed by atoms with Crippen LogP contribution in [0.4, 0.5) is 0 Å². The summed E-state index contributed by atoms with van der Waals surface area (Å²) >= 11 is 0. The molecule has 1 saturated heterocycles. The minimum absolute atomic E-state index is 0.557. The molecule has 0 bridgehead atoms. The van der Waals surface area contributed by atoms with E-state index in [4.69, 9.17) is 0 Å². The van der Waals surface area contributed by atoms with Crippen LogP contribution >= 0.6 is 0 Å². The van der Waals surface area contributed by atoms with E-state index < -0.39 is 10.0 Å². The fraction of sp³-hybridized carbons (Fsp3) is 1.00. The average Bonchev–Trinajstić information content (AvgIpc) is 2.44. The molecule has 0 amide bonds. The predicted octanol–water partition coefficient (Wildman–Crippen LogP) is 3.00. The second kappa shape index (κ2) is 9.80. The average molecular weight is 319 g/mol. The molecule has 0 aliphatic carbocycles. The van der Waals surface area contributed by atoms with Crippen molar-refractivity contribution in [2.45, 2.75) is 71.3 Å². The topological polar surface area (TPSA) is 49.4 Å². The summed E-state index contributed by atoms with van der Waals surface area (Å²) in [6.07, 6.45) is 10.8. The summed E-state index contributed by atoms with van der Waals surface area (Å²) in [5.41, 5.74) is 0. The molecule has 0 saturated carbocycles. The van der Waals surface area contributed by atoms with E-state index in [1.165, 1.54) is 51.2 Å². The minimum atomic E-state index is -3.00. The molecular weight excluding hydrogens is 284 g/mol. The van der Waals surface area contributed by atoms with E-state index in [9.17, 15) is 8.42 Å². The standard InChI is InChI=1S/C16H34N2O2S/c1-4-8-16(17-12-5-2)11-6-9-15-10-7-13-18(14-15)21(3,19)20/h15-17H,4-14H2,1-3H3. The lowest BCUT2D eigenvalue weighted by Gasteiger charge is -2.31. The zero-order chi connectivity index (χ0) is 15.7. The highest BCUT2D eigenvalue weighted by Crippen LogP contribution is 2.23. The van der Waals surface area contributed by atoms with E-state index in [1.807, 2.05) is 0 Å². The largest absolute Gasteiger partial charge is 0.314 e. The van der Waals surface area contributed by atoms with Crippen LogP contribution in [0.1, 0.15) is 65.2 Å². The monoisotopic (exact) mass is 318 g/mol. The summed E-state index contributed by atoms with van der Waals surface area (Å²) in [4.78, 5) is 0. The van der Waals surface area contributed by atoms with Gasteiger partial charge in [0.1, 0.15) is 0 Å². The summed E-state index contributed by atoms with van der Waals surface area (Å²) in [6.45, 7) is 7.00. The fourth-order valence-electron chi connectivity index (χ4n) is 3.26. The fourth-order valence-corrected chi connectivity index (χ4v) is 4.20. The van der Waals surface area contributed by atoms with E-state index in [-0.39, 0.29) is 0 Å². The van der Waals surface area contributed by atoms with Crippen LogP contribution in [0, 0.1) is 5.92 Å². The van der Waals surface area contributed by atoms with Gasteiger partial charge in [-0.2, -0.15) is 0 Å². The lowest BCUT2D eigenvalue weighted by molar-refractivity contribution is 0.249. The molecule has 1 aliphatic heterocycles. The second-order valence-corrected chi connectivity index (χ2v) is 8.48. The zero-order valence-corrected chi connectivity index (χ0v) is 14.9. The summed E-state index contributed by atoms with van der Waals surface area (Å²) < 4.78 is 24.9. The molecule has 1 fully saturated rings. The zero-order valence-electron chi connectivity index (χ0n) is 14.1. The lowest BCUT2D eigenvalue weighted by Crippen LogP contribution is -2.39. The van der Waals surface area contributed by atoms with Crippen molar-refractivity contribution in [3.8, 4) is 0 Å². The molecule has 126 valence electrons. The molecule has 4 nitrogen and oxygen atoms in total. The Morgan fingerprint density at radius 1 is 1.24 bits per heavy atom. The van der Waals surface area contributed by atoms with Gasteiger partial charge < -0.3 is 5.32 Å². The smallest absolute Gasteiger partial charge is 0.211 e. The van der Waals surface area contributed by atoms with Crippen molar-refractivity contribution in [3.05, 3.63) is 0 Å². The maximum absolute atomic E-state index is 11.6. The van der Waals surface area contributed by atoms with Crippen LogP contribution in [0.2, 0.25) is 0 Å². The van der Waals surface area contributed by atoms with E-state index in [2.05, 4.69) is 19.2 Å². The highest BCUT2D eigenvalue weighted by atomic mass is 32.2. The van der Waals surface area contributed by atoms with Crippen molar-refractivity contribution in [1.82, 2.24) is 9.62 Å².